The Balaban J connectivity index is 2.44. The molecule has 0 spiro atoms. The first-order valence-corrected chi connectivity index (χ1v) is 4.68. The molecular formula is C10H11N3OS. The highest BCUT2D eigenvalue weighted by molar-refractivity contribution is 7.80. The van der Waals surface area contributed by atoms with E-state index in [2.05, 4.69) is 23.1 Å². The largest absolute Gasteiger partial charge is 0.375 e. The summed E-state index contributed by atoms with van der Waals surface area (Å²) in [6, 6.07) is 9.48. The molecule has 0 aliphatic carbocycles. The third-order valence-electron chi connectivity index (χ3n) is 1.54. The van der Waals surface area contributed by atoms with Gasteiger partial charge in [0.25, 0.3) is 5.91 Å². The molecule has 0 aromatic heterocycles. The van der Waals surface area contributed by atoms with Crippen molar-refractivity contribution in [3.63, 3.8) is 0 Å². The molecule has 78 valence electrons. The van der Waals surface area contributed by atoms with Crippen LogP contribution >= 0.6 is 12.2 Å². The van der Waals surface area contributed by atoms with Gasteiger partial charge in [-0.15, -0.1) is 0 Å². The average Bonchev–Trinajstić information content (AvgIpc) is 2.25. The molecule has 0 fully saturated rings. The van der Waals surface area contributed by atoms with Crippen LogP contribution in [-0.4, -0.2) is 11.0 Å². The molecule has 0 saturated carbocycles. The summed E-state index contributed by atoms with van der Waals surface area (Å²) in [5.41, 5.74) is 10.7. The van der Waals surface area contributed by atoms with Crippen molar-refractivity contribution in [1.29, 1.82) is 0 Å². The fourth-order valence-corrected chi connectivity index (χ4v) is 0.952. The minimum Gasteiger partial charge on any atom is -0.375 e. The highest BCUT2D eigenvalue weighted by Gasteiger charge is 1.93. The molecule has 0 aliphatic rings. The number of rotatable bonds is 2. The summed E-state index contributed by atoms with van der Waals surface area (Å²) < 4.78 is 0. The van der Waals surface area contributed by atoms with Gasteiger partial charge in [-0.2, -0.15) is 0 Å². The summed E-state index contributed by atoms with van der Waals surface area (Å²) in [6.45, 7) is 0. The lowest BCUT2D eigenvalue weighted by Gasteiger charge is -2.02. The van der Waals surface area contributed by atoms with Crippen molar-refractivity contribution >= 4 is 29.3 Å². The van der Waals surface area contributed by atoms with E-state index in [4.69, 9.17) is 5.73 Å². The predicted molar refractivity (Wildman–Crippen MR) is 63.5 cm³/mol. The molecule has 0 unspecified atom stereocenters. The monoisotopic (exact) mass is 221 g/mol. The molecule has 0 saturated heterocycles. The fraction of sp³-hybridized carbons (Fsp3) is 0. The number of nitrogens with one attached hydrogen (secondary N) is 2. The lowest BCUT2D eigenvalue weighted by Crippen LogP contribution is -2.43. The zero-order valence-electron chi connectivity index (χ0n) is 7.94. The summed E-state index contributed by atoms with van der Waals surface area (Å²) in [5.74, 6) is -0.313. The zero-order chi connectivity index (χ0) is 11.1. The Morgan fingerprint density at radius 2 is 1.93 bits per heavy atom. The summed E-state index contributed by atoms with van der Waals surface area (Å²) in [5, 5.41) is 0.0245. The second-order valence-electron chi connectivity index (χ2n) is 2.72. The number of hydrazine groups is 1. The SMILES string of the molecule is NC(=S)NNC(=O)/C=C/c1ccccc1. The molecule has 0 bridgehead atoms. The number of carbonyl (C=O) groups is 1. The van der Waals surface area contributed by atoms with Gasteiger partial charge < -0.3 is 5.73 Å². The number of carbonyl (C=O) groups excluding carboxylic acids is 1. The number of hydrogen-bond donors (Lipinski definition) is 3. The van der Waals surface area contributed by atoms with E-state index >= 15 is 0 Å². The maximum atomic E-state index is 11.1. The van der Waals surface area contributed by atoms with Crippen molar-refractivity contribution in [3.8, 4) is 0 Å². The van der Waals surface area contributed by atoms with E-state index in [9.17, 15) is 4.79 Å². The van der Waals surface area contributed by atoms with E-state index in [1.807, 2.05) is 30.3 Å². The first kappa shape index (κ1) is 11.2. The molecule has 1 amide bonds. The molecule has 1 aromatic rings. The van der Waals surface area contributed by atoms with E-state index in [1.54, 1.807) is 6.08 Å². The molecule has 4 N–H and O–H groups in total. The van der Waals surface area contributed by atoms with Crippen LogP contribution in [0.2, 0.25) is 0 Å². The maximum Gasteiger partial charge on any atom is 0.262 e. The predicted octanol–water partition coefficient (Wildman–Crippen LogP) is 0.564. The van der Waals surface area contributed by atoms with Crippen molar-refractivity contribution in [2.45, 2.75) is 0 Å². The minimum absolute atomic E-state index is 0.0245. The van der Waals surface area contributed by atoms with Crippen molar-refractivity contribution in [3.05, 3.63) is 42.0 Å². The van der Waals surface area contributed by atoms with Gasteiger partial charge in [-0.25, -0.2) is 0 Å². The van der Waals surface area contributed by atoms with Gasteiger partial charge in [0, 0.05) is 6.08 Å². The Morgan fingerprint density at radius 1 is 1.27 bits per heavy atom. The molecular weight excluding hydrogens is 210 g/mol. The summed E-state index contributed by atoms with van der Waals surface area (Å²) >= 11 is 4.52. The summed E-state index contributed by atoms with van der Waals surface area (Å²) in [4.78, 5) is 11.1. The van der Waals surface area contributed by atoms with Gasteiger partial charge in [-0.3, -0.25) is 15.6 Å². The zero-order valence-corrected chi connectivity index (χ0v) is 8.75. The number of benzene rings is 1. The van der Waals surface area contributed by atoms with Crippen molar-refractivity contribution in [1.82, 2.24) is 10.9 Å². The fourth-order valence-electron chi connectivity index (χ4n) is 0.901. The molecule has 0 atom stereocenters. The van der Waals surface area contributed by atoms with Crippen LogP contribution in [0, 0.1) is 0 Å². The van der Waals surface area contributed by atoms with E-state index in [-0.39, 0.29) is 11.0 Å². The third-order valence-corrected chi connectivity index (χ3v) is 1.64. The van der Waals surface area contributed by atoms with E-state index < -0.39 is 0 Å². The Labute approximate surface area is 93.1 Å². The Hall–Kier alpha value is -1.88. The van der Waals surface area contributed by atoms with Crippen LogP contribution in [0.15, 0.2) is 36.4 Å². The number of thiocarbonyl (C=S) groups is 1. The Morgan fingerprint density at radius 3 is 2.53 bits per heavy atom. The summed E-state index contributed by atoms with van der Waals surface area (Å²) in [6.07, 6.45) is 3.08. The molecule has 15 heavy (non-hydrogen) atoms. The van der Waals surface area contributed by atoms with Crippen LogP contribution in [0.1, 0.15) is 5.56 Å². The van der Waals surface area contributed by atoms with Gasteiger partial charge >= 0.3 is 0 Å². The summed E-state index contributed by atoms with van der Waals surface area (Å²) in [7, 11) is 0. The molecule has 0 radical (unpaired) electrons. The smallest absolute Gasteiger partial charge is 0.262 e. The van der Waals surface area contributed by atoms with Crippen molar-refractivity contribution in [2.75, 3.05) is 0 Å². The van der Waals surface area contributed by atoms with Gasteiger partial charge in [0.2, 0.25) is 0 Å². The average molecular weight is 221 g/mol. The molecule has 4 nitrogen and oxygen atoms in total. The van der Waals surface area contributed by atoms with Crippen molar-refractivity contribution in [2.24, 2.45) is 5.73 Å². The van der Waals surface area contributed by atoms with Crippen LogP contribution in [-0.2, 0) is 4.79 Å². The number of hydrogen-bond acceptors (Lipinski definition) is 2. The van der Waals surface area contributed by atoms with Gasteiger partial charge in [0.15, 0.2) is 5.11 Å². The maximum absolute atomic E-state index is 11.1. The van der Waals surface area contributed by atoms with Crippen LogP contribution in [0.3, 0.4) is 0 Å². The molecule has 0 heterocycles. The highest BCUT2D eigenvalue weighted by atomic mass is 32.1. The highest BCUT2D eigenvalue weighted by Crippen LogP contribution is 1.99. The van der Waals surface area contributed by atoms with Gasteiger partial charge in [-0.1, -0.05) is 30.3 Å². The quantitative estimate of drug-likeness (QED) is 0.388. The standard InChI is InChI=1S/C10H11N3OS/c11-10(15)13-12-9(14)7-6-8-4-2-1-3-5-8/h1-7H,(H,12,14)(H3,11,13,15)/b7-6+. The van der Waals surface area contributed by atoms with Gasteiger partial charge in [0.1, 0.15) is 0 Å². The van der Waals surface area contributed by atoms with Crippen LogP contribution in [0.25, 0.3) is 6.08 Å². The van der Waals surface area contributed by atoms with E-state index in [1.165, 1.54) is 6.08 Å². The van der Waals surface area contributed by atoms with Gasteiger partial charge in [0.05, 0.1) is 0 Å². The van der Waals surface area contributed by atoms with Crippen molar-refractivity contribution < 1.29 is 4.79 Å². The lowest BCUT2D eigenvalue weighted by atomic mass is 10.2. The first-order valence-electron chi connectivity index (χ1n) is 4.27. The number of amides is 1. The third kappa shape index (κ3) is 4.78. The first-order chi connectivity index (χ1) is 7.18. The van der Waals surface area contributed by atoms with Crippen LogP contribution in [0.4, 0.5) is 0 Å². The molecule has 0 aliphatic heterocycles. The normalized spacial score (nSPS) is 9.87. The second-order valence-corrected chi connectivity index (χ2v) is 3.16. The Kier molecular flexibility index (Phi) is 4.30. The van der Waals surface area contributed by atoms with Gasteiger partial charge in [-0.05, 0) is 23.9 Å². The molecule has 1 rings (SSSR count). The molecule has 1 aromatic carbocycles. The van der Waals surface area contributed by atoms with Crippen LogP contribution in [0.5, 0.6) is 0 Å². The van der Waals surface area contributed by atoms with E-state index in [0.29, 0.717) is 0 Å². The lowest BCUT2D eigenvalue weighted by molar-refractivity contribution is -0.116. The molecule has 5 heteroatoms. The second kappa shape index (κ2) is 5.77. The van der Waals surface area contributed by atoms with Crippen LogP contribution < -0.4 is 16.6 Å². The topological polar surface area (TPSA) is 67.2 Å². The minimum atomic E-state index is -0.313. The van der Waals surface area contributed by atoms with E-state index in [0.717, 1.165) is 5.56 Å². The number of nitrogens with two attached hydrogens (primary N) is 1. The Bertz CT molecular complexity index is 376.